The Kier molecular flexibility index (Phi) is 4.44. The summed E-state index contributed by atoms with van der Waals surface area (Å²) in [6.45, 7) is 3.72. The Morgan fingerprint density at radius 3 is 2.64 bits per heavy atom. The summed E-state index contributed by atoms with van der Waals surface area (Å²) in [6.07, 6.45) is 3.26. The molecule has 22 heavy (non-hydrogen) atoms. The van der Waals surface area contributed by atoms with Gasteiger partial charge in [-0.25, -0.2) is 4.39 Å². The molecule has 1 fully saturated rings. The van der Waals surface area contributed by atoms with Gasteiger partial charge in [-0.1, -0.05) is 18.2 Å². The normalized spacial score (nSPS) is 15.8. The highest BCUT2D eigenvalue weighted by Crippen LogP contribution is 2.06. The number of piperazine rings is 1. The Morgan fingerprint density at radius 1 is 1.18 bits per heavy atom. The van der Waals surface area contributed by atoms with E-state index in [2.05, 4.69) is 4.98 Å². The van der Waals surface area contributed by atoms with E-state index >= 15 is 0 Å². The summed E-state index contributed by atoms with van der Waals surface area (Å²) >= 11 is 0. The van der Waals surface area contributed by atoms with Crippen LogP contribution >= 0.6 is 0 Å². The van der Waals surface area contributed by atoms with Crippen molar-refractivity contribution < 1.29 is 14.1 Å². The molecular formula is C17H19FN3O+. The number of pyridine rings is 1. The van der Waals surface area contributed by atoms with E-state index < -0.39 is 0 Å². The van der Waals surface area contributed by atoms with Gasteiger partial charge in [0.05, 0.1) is 31.7 Å². The summed E-state index contributed by atoms with van der Waals surface area (Å²) in [6, 6.07) is 10.5. The van der Waals surface area contributed by atoms with Gasteiger partial charge in [-0.3, -0.25) is 9.78 Å². The fourth-order valence-electron chi connectivity index (χ4n) is 2.79. The second-order valence-corrected chi connectivity index (χ2v) is 5.55. The van der Waals surface area contributed by atoms with Crippen LogP contribution in [0, 0.1) is 5.82 Å². The number of rotatable bonds is 3. The SMILES string of the molecule is O=C(c1cccnc1)N1CC[NH+](Cc2ccccc2F)CC1. The van der Waals surface area contributed by atoms with Crippen molar-refractivity contribution >= 4 is 5.91 Å². The lowest BCUT2D eigenvalue weighted by atomic mass is 10.1. The van der Waals surface area contributed by atoms with Gasteiger partial charge in [-0.2, -0.15) is 0 Å². The highest BCUT2D eigenvalue weighted by molar-refractivity contribution is 5.93. The lowest BCUT2D eigenvalue weighted by molar-refractivity contribution is -0.917. The number of hydrogen-bond donors (Lipinski definition) is 1. The van der Waals surface area contributed by atoms with Gasteiger partial charge in [0, 0.05) is 18.0 Å². The second-order valence-electron chi connectivity index (χ2n) is 5.55. The summed E-state index contributed by atoms with van der Waals surface area (Å²) < 4.78 is 13.7. The summed E-state index contributed by atoms with van der Waals surface area (Å²) in [4.78, 5) is 19.5. The number of carbonyl (C=O) groups excluding carboxylic acids is 1. The molecule has 0 saturated carbocycles. The first-order chi connectivity index (χ1) is 10.7. The predicted octanol–water partition coefficient (Wildman–Crippen LogP) is 0.762. The molecule has 114 valence electrons. The standard InChI is InChI=1S/C17H18FN3O/c18-16-6-2-1-4-15(16)13-20-8-10-21(11-9-20)17(22)14-5-3-7-19-12-14/h1-7,12H,8-11,13H2/p+1. The number of carbonyl (C=O) groups is 1. The molecule has 0 bridgehead atoms. The van der Waals surface area contributed by atoms with E-state index in [-0.39, 0.29) is 11.7 Å². The fourth-order valence-corrected chi connectivity index (χ4v) is 2.79. The van der Waals surface area contributed by atoms with E-state index in [1.165, 1.54) is 11.0 Å². The van der Waals surface area contributed by atoms with Gasteiger partial charge in [-0.15, -0.1) is 0 Å². The molecule has 0 atom stereocenters. The highest BCUT2D eigenvalue weighted by Gasteiger charge is 2.25. The minimum atomic E-state index is -0.149. The van der Waals surface area contributed by atoms with Gasteiger partial charge in [0.15, 0.2) is 0 Å². The Balaban J connectivity index is 1.57. The Morgan fingerprint density at radius 2 is 1.95 bits per heavy atom. The van der Waals surface area contributed by atoms with Crippen LogP contribution in [-0.2, 0) is 6.54 Å². The minimum Gasteiger partial charge on any atom is -0.328 e. The molecule has 1 aromatic heterocycles. The molecular weight excluding hydrogens is 281 g/mol. The molecule has 5 heteroatoms. The molecule has 0 unspecified atom stereocenters. The highest BCUT2D eigenvalue weighted by atomic mass is 19.1. The van der Waals surface area contributed by atoms with Crippen molar-refractivity contribution in [3.8, 4) is 0 Å². The molecule has 3 rings (SSSR count). The largest absolute Gasteiger partial charge is 0.328 e. The third-order valence-electron chi connectivity index (χ3n) is 4.06. The maximum absolute atomic E-state index is 13.7. The van der Waals surface area contributed by atoms with Gasteiger partial charge in [-0.05, 0) is 18.2 Å². The van der Waals surface area contributed by atoms with E-state index in [1.807, 2.05) is 17.0 Å². The van der Waals surface area contributed by atoms with Crippen molar-refractivity contribution in [3.05, 3.63) is 65.7 Å². The second kappa shape index (κ2) is 6.66. The van der Waals surface area contributed by atoms with Crippen molar-refractivity contribution in [3.63, 3.8) is 0 Å². The first kappa shape index (κ1) is 14.7. The fraction of sp³-hybridized carbons (Fsp3) is 0.294. The zero-order valence-corrected chi connectivity index (χ0v) is 12.3. The zero-order chi connectivity index (χ0) is 15.4. The van der Waals surface area contributed by atoms with Crippen molar-refractivity contribution in [2.75, 3.05) is 26.2 Å². The van der Waals surface area contributed by atoms with Crippen molar-refractivity contribution in [2.24, 2.45) is 0 Å². The van der Waals surface area contributed by atoms with Crippen molar-refractivity contribution in [1.82, 2.24) is 9.88 Å². The van der Waals surface area contributed by atoms with Crippen LogP contribution in [0.15, 0.2) is 48.8 Å². The molecule has 4 nitrogen and oxygen atoms in total. The first-order valence-electron chi connectivity index (χ1n) is 7.50. The first-order valence-corrected chi connectivity index (χ1v) is 7.50. The number of nitrogens with one attached hydrogen (secondary N) is 1. The van der Waals surface area contributed by atoms with E-state index in [9.17, 15) is 9.18 Å². The van der Waals surface area contributed by atoms with Crippen LogP contribution in [-0.4, -0.2) is 42.0 Å². The molecule has 2 aromatic rings. The third kappa shape index (κ3) is 3.31. The Bertz CT molecular complexity index is 639. The summed E-state index contributed by atoms with van der Waals surface area (Å²) in [5, 5.41) is 0. The number of aromatic nitrogens is 1. The van der Waals surface area contributed by atoms with Gasteiger partial charge < -0.3 is 9.80 Å². The number of nitrogens with zero attached hydrogens (tertiary/aromatic N) is 2. The monoisotopic (exact) mass is 300 g/mol. The average Bonchev–Trinajstić information content (AvgIpc) is 2.58. The number of quaternary nitrogens is 1. The van der Waals surface area contributed by atoms with Crippen LogP contribution in [0.2, 0.25) is 0 Å². The average molecular weight is 300 g/mol. The maximum atomic E-state index is 13.7. The molecule has 1 amide bonds. The van der Waals surface area contributed by atoms with E-state index in [0.717, 1.165) is 18.7 Å². The quantitative estimate of drug-likeness (QED) is 0.909. The number of halogens is 1. The van der Waals surface area contributed by atoms with Crippen LogP contribution in [0.1, 0.15) is 15.9 Å². The van der Waals surface area contributed by atoms with Crippen molar-refractivity contribution in [2.45, 2.75) is 6.54 Å². The molecule has 2 heterocycles. The van der Waals surface area contributed by atoms with Gasteiger partial charge in [0.2, 0.25) is 0 Å². The maximum Gasteiger partial charge on any atom is 0.255 e. The van der Waals surface area contributed by atoms with E-state index in [4.69, 9.17) is 0 Å². The third-order valence-corrected chi connectivity index (χ3v) is 4.06. The molecule has 1 N–H and O–H groups in total. The zero-order valence-electron chi connectivity index (χ0n) is 12.3. The molecule has 1 aromatic carbocycles. The number of hydrogen-bond acceptors (Lipinski definition) is 2. The van der Waals surface area contributed by atoms with Crippen LogP contribution in [0.25, 0.3) is 0 Å². The van der Waals surface area contributed by atoms with Gasteiger partial charge in [0.25, 0.3) is 5.91 Å². The molecule has 0 radical (unpaired) electrons. The smallest absolute Gasteiger partial charge is 0.255 e. The predicted molar refractivity (Wildman–Crippen MR) is 80.9 cm³/mol. The summed E-state index contributed by atoms with van der Waals surface area (Å²) in [5.41, 5.74) is 1.37. The van der Waals surface area contributed by atoms with Crippen LogP contribution in [0.5, 0.6) is 0 Å². The van der Waals surface area contributed by atoms with Gasteiger partial charge in [0.1, 0.15) is 12.4 Å². The Labute approximate surface area is 129 Å². The van der Waals surface area contributed by atoms with Crippen molar-refractivity contribution in [1.29, 1.82) is 0 Å². The lowest BCUT2D eigenvalue weighted by Gasteiger charge is -2.32. The molecule has 1 aliphatic rings. The molecule has 1 saturated heterocycles. The molecule has 1 aliphatic heterocycles. The molecule has 0 spiro atoms. The number of benzene rings is 1. The summed E-state index contributed by atoms with van der Waals surface area (Å²) in [7, 11) is 0. The lowest BCUT2D eigenvalue weighted by Crippen LogP contribution is -3.13. The van der Waals surface area contributed by atoms with Crippen LogP contribution in [0.3, 0.4) is 0 Å². The summed E-state index contributed by atoms with van der Waals surface area (Å²) in [5.74, 6) is -0.123. The number of amides is 1. The minimum absolute atomic E-state index is 0.0260. The topological polar surface area (TPSA) is 37.6 Å². The van der Waals surface area contributed by atoms with E-state index in [1.54, 1.807) is 30.6 Å². The van der Waals surface area contributed by atoms with E-state index in [0.29, 0.717) is 25.2 Å². The Hall–Kier alpha value is -2.27. The van der Waals surface area contributed by atoms with Crippen LogP contribution < -0.4 is 4.90 Å². The molecule has 0 aliphatic carbocycles. The van der Waals surface area contributed by atoms with Gasteiger partial charge >= 0.3 is 0 Å². The van der Waals surface area contributed by atoms with Crippen LogP contribution in [0.4, 0.5) is 4.39 Å².